The third kappa shape index (κ3) is 4.85. The molecule has 0 spiro atoms. The Morgan fingerprint density at radius 3 is 2.59 bits per heavy atom. The van der Waals surface area contributed by atoms with Crippen LogP contribution in [0.5, 0.6) is 0 Å². The monoisotopic (exact) mass is 449 g/mol. The van der Waals surface area contributed by atoms with Crippen molar-refractivity contribution in [2.45, 2.75) is 32.8 Å². The molecule has 0 aliphatic heterocycles. The van der Waals surface area contributed by atoms with Crippen LogP contribution in [0.2, 0.25) is 5.02 Å². The van der Waals surface area contributed by atoms with Crippen molar-refractivity contribution in [2.24, 2.45) is 0 Å². The molecule has 0 saturated carbocycles. The van der Waals surface area contributed by atoms with Gasteiger partial charge in [-0.15, -0.1) is 0 Å². The van der Waals surface area contributed by atoms with E-state index in [0.29, 0.717) is 16.8 Å². The van der Waals surface area contributed by atoms with Crippen molar-refractivity contribution in [3.05, 3.63) is 63.3 Å². The molecule has 0 radical (unpaired) electrons. The van der Waals surface area contributed by atoms with Gasteiger partial charge in [0.25, 0.3) is 0 Å². The van der Waals surface area contributed by atoms with E-state index in [1.54, 1.807) is 6.07 Å². The molecule has 0 atom stereocenters. The van der Waals surface area contributed by atoms with E-state index in [2.05, 4.69) is 15.9 Å². The van der Waals surface area contributed by atoms with Crippen LogP contribution >= 0.6 is 27.5 Å². The quantitative estimate of drug-likeness (QED) is 0.437. The van der Waals surface area contributed by atoms with Crippen LogP contribution in [0.15, 0.2) is 46.9 Å². The molecule has 27 heavy (non-hydrogen) atoms. The topological polar surface area (TPSA) is 39.2 Å². The van der Waals surface area contributed by atoms with E-state index in [-0.39, 0.29) is 17.4 Å². The minimum absolute atomic E-state index is 0.00780. The zero-order chi connectivity index (χ0) is 19.8. The maximum absolute atomic E-state index is 13.6. The Kier molecular flexibility index (Phi) is 5.54. The lowest BCUT2D eigenvalue weighted by Gasteiger charge is -2.20. The van der Waals surface area contributed by atoms with Crippen molar-refractivity contribution >= 4 is 44.4 Å². The standard InChI is InChI=1S/C21H18BrClFNO2/c1-21(2,3)27-19(26)11-14-8-13-9-15(22)5-7-18(13)25-20(14)12-4-6-17(24)16(23)10-12/h4-10H,11H2,1-3H3. The summed E-state index contributed by atoms with van der Waals surface area (Å²) in [5.41, 5.74) is 2.10. The largest absolute Gasteiger partial charge is 0.460 e. The number of hydrogen-bond donors (Lipinski definition) is 0. The van der Waals surface area contributed by atoms with Gasteiger partial charge >= 0.3 is 5.97 Å². The van der Waals surface area contributed by atoms with Gasteiger partial charge in [-0.25, -0.2) is 9.37 Å². The molecule has 1 heterocycles. The number of rotatable bonds is 3. The van der Waals surface area contributed by atoms with Crippen LogP contribution in [0.3, 0.4) is 0 Å². The van der Waals surface area contributed by atoms with Gasteiger partial charge in [0, 0.05) is 15.4 Å². The molecule has 0 N–H and O–H groups in total. The number of ether oxygens (including phenoxy) is 1. The smallest absolute Gasteiger partial charge is 0.310 e. The third-order valence-corrected chi connectivity index (χ3v) is 4.59. The van der Waals surface area contributed by atoms with Crippen LogP contribution in [0, 0.1) is 5.82 Å². The van der Waals surface area contributed by atoms with Crippen LogP contribution in [-0.4, -0.2) is 16.6 Å². The molecule has 0 unspecified atom stereocenters. The van der Waals surface area contributed by atoms with E-state index in [9.17, 15) is 9.18 Å². The summed E-state index contributed by atoms with van der Waals surface area (Å²) < 4.78 is 19.9. The SMILES string of the molecule is CC(C)(C)OC(=O)Cc1cc2cc(Br)ccc2nc1-c1ccc(F)c(Cl)c1. The van der Waals surface area contributed by atoms with Gasteiger partial charge in [-0.05, 0) is 68.8 Å². The van der Waals surface area contributed by atoms with Gasteiger partial charge in [-0.2, -0.15) is 0 Å². The van der Waals surface area contributed by atoms with Gasteiger partial charge in [-0.1, -0.05) is 27.5 Å². The van der Waals surface area contributed by atoms with Crippen molar-refractivity contribution in [3.63, 3.8) is 0 Å². The van der Waals surface area contributed by atoms with Crippen LogP contribution < -0.4 is 0 Å². The molecule has 0 aliphatic rings. The molecule has 0 fully saturated rings. The number of esters is 1. The molecule has 0 bridgehead atoms. The number of carbonyl (C=O) groups is 1. The molecule has 3 nitrogen and oxygen atoms in total. The Morgan fingerprint density at radius 2 is 1.93 bits per heavy atom. The molecule has 1 aromatic heterocycles. The van der Waals surface area contributed by atoms with Gasteiger partial charge in [0.1, 0.15) is 11.4 Å². The fourth-order valence-electron chi connectivity index (χ4n) is 2.75. The minimum atomic E-state index is -0.580. The zero-order valence-electron chi connectivity index (χ0n) is 15.1. The highest BCUT2D eigenvalue weighted by Gasteiger charge is 2.20. The first kappa shape index (κ1) is 19.8. The maximum Gasteiger partial charge on any atom is 0.310 e. The number of aromatic nitrogens is 1. The summed E-state index contributed by atoms with van der Waals surface area (Å²) in [5.74, 6) is -0.855. The van der Waals surface area contributed by atoms with Crippen molar-refractivity contribution in [1.82, 2.24) is 4.98 Å². The normalized spacial score (nSPS) is 11.6. The molecule has 0 amide bonds. The van der Waals surface area contributed by atoms with E-state index >= 15 is 0 Å². The third-order valence-electron chi connectivity index (χ3n) is 3.80. The average Bonchev–Trinajstić information content (AvgIpc) is 2.55. The first-order valence-corrected chi connectivity index (χ1v) is 9.56. The predicted octanol–water partition coefficient (Wildman–Crippen LogP) is 6.34. The second kappa shape index (κ2) is 7.56. The van der Waals surface area contributed by atoms with E-state index < -0.39 is 11.4 Å². The van der Waals surface area contributed by atoms with E-state index in [0.717, 1.165) is 15.4 Å². The van der Waals surface area contributed by atoms with Gasteiger partial charge in [-0.3, -0.25) is 4.79 Å². The highest BCUT2D eigenvalue weighted by molar-refractivity contribution is 9.10. The number of fused-ring (bicyclic) bond motifs is 1. The lowest BCUT2D eigenvalue weighted by atomic mass is 10.0. The number of hydrogen-bond acceptors (Lipinski definition) is 3. The Bertz CT molecular complexity index is 1030. The van der Waals surface area contributed by atoms with Crippen LogP contribution in [0.25, 0.3) is 22.2 Å². The molecular formula is C21H18BrClFNO2. The summed E-state index contributed by atoms with van der Waals surface area (Å²) in [6.45, 7) is 5.46. The Hall–Kier alpha value is -1.98. The molecule has 3 aromatic rings. The van der Waals surface area contributed by atoms with Gasteiger partial charge in [0.05, 0.1) is 22.7 Å². The van der Waals surface area contributed by atoms with E-state index in [1.165, 1.54) is 12.1 Å². The van der Waals surface area contributed by atoms with Crippen LogP contribution in [-0.2, 0) is 16.0 Å². The highest BCUT2D eigenvalue weighted by atomic mass is 79.9. The number of carbonyl (C=O) groups excluding carboxylic acids is 1. The lowest BCUT2D eigenvalue weighted by molar-refractivity contribution is -0.153. The summed E-state index contributed by atoms with van der Waals surface area (Å²) in [5, 5.41) is 0.897. The first-order chi connectivity index (χ1) is 12.6. The number of halogens is 3. The number of nitrogens with zero attached hydrogens (tertiary/aromatic N) is 1. The number of benzene rings is 2. The number of pyridine rings is 1. The summed E-state index contributed by atoms with van der Waals surface area (Å²) in [7, 11) is 0. The minimum Gasteiger partial charge on any atom is -0.460 e. The molecular weight excluding hydrogens is 433 g/mol. The summed E-state index contributed by atoms with van der Waals surface area (Å²) >= 11 is 9.40. The van der Waals surface area contributed by atoms with Gasteiger partial charge in [0.2, 0.25) is 0 Å². The summed E-state index contributed by atoms with van der Waals surface area (Å²) in [4.78, 5) is 17.1. The van der Waals surface area contributed by atoms with Crippen molar-refractivity contribution in [2.75, 3.05) is 0 Å². The molecule has 0 saturated heterocycles. The fraction of sp³-hybridized carbons (Fsp3) is 0.238. The lowest BCUT2D eigenvalue weighted by Crippen LogP contribution is -2.25. The van der Waals surface area contributed by atoms with Crippen LogP contribution in [0.1, 0.15) is 26.3 Å². The van der Waals surface area contributed by atoms with Crippen molar-refractivity contribution in [1.29, 1.82) is 0 Å². The highest BCUT2D eigenvalue weighted by Crippen LogP contribution is 2.30. The second-order valence-electron chi connectivity index (χ2n) is 7.23. The molecule has 3 rings (SSSR count). The molecule has 2 aromatic carbocycles. The van der Waals surface area contributed by atoms with E-state index in [4.69, 9.17) is 21.3 Å². The average molecular weight is 451 g/mol. The maximum atomic E-state index is 13.6. The molecule has 6 heteroatoms. The Balaban J connectivity index is 2.12. The van der Waals surface area contributed by atoms with E-state index in [1.807, 2.05) is 45.0 Å². The Labute approximate surface area is 170 Å². The van der Waals surface area contributed by atoms with Crippen LogP contribution in [0.4, 0.5) is 4.39 Å². The van der Waals surface area contributed by atoms with Crippen molar-refractivity contribution < 1.29 is 13.9 Å². The first-order valence-electron chi connectivity index (χ1n) is 8.39. The van der Waals surface area contributed by atoms with Crippen molar-refractivity contribution in [3.8, 4) is 11.3 Å². The zero-order valence-corrected chi connectivity index (χ0v) is 17.5. The summed E-state index contributed by atoms with van der Waals surface area (Å²) in [6.07, 6.45) is 0.0526. The summed E-state index contributed by atoms with van der Waals surface area (Å²) in [6, 6.07) is 12.0. The predicted molar refractivity (Wildman–Crippen MR) is 109 cm³/mol. The second-order valence-corrected chi connectivity index (χ2v) is 8.55. The molecule has 0 aliphatic carbocycles. The Morgan fingerprint density at radius 1 is 1.19 bits per heavy atom. The van der Waals surface area contributed by atoms with Gasteiger partial charge < -0.3 is 4.74 Å². The van der Waals surface area contributed by atoms with Gasteiger partial charge in [0.15, 0.2) is 0 Å². The fourth-order valence-corrected chi connectivity index (χ4v) is 3.31. The molecule has 140 valence electrons.